The normalized spacial score (nSPS) is 22.8. The topological polar surface area (TPSA) is 58.2 Å². The minimum atomic E-state index is -0.126. The summed E-state index contributed by atoms with van der Waals surface area (Å²) in [7, 11) is 0. The molecular weight excluding hydrogens is 308 g/mol. The molecule has 3 aliphatic heterocycles. The van der Waals surface area contributed by atoms with Crippen molar-refractivity contribution < 1.29 is 14.3 Å². The number of hydrogen-bond donors (Lipinski definition) is 2. The molecule has 1 unspecified atom stereocenters. The van der Waals surface area contributed by atoms with Crippen LogP contribution in [0.15, 0.2) is 48.7 Å². The van der Waals surface area contributed by atoms with Crippen molar-refractivity contribution in [1.29, 1.82) is 0 Å². The summed E-state index contributed by atoms with van der Waals surface area (Å²) in [6, 6.07) is 7.70. The van der Waals surface area contributed by atoms with E-state index in [0.717, 1.165) is 43.5 Å². The number of nitrogens with one attached hydrogen (secondary N) is 2. The highest BCUT2D eigenvalue weighted by atomic mass is 16.7. The molecule has 1 aromatic rings. The molecule has 3 aliphatic rings. The summed E-state index contributed by atoms with van der Waals surface area (Å²) in [6.07, 6.45) is 5.57. The first-order valence-electron chi connectivity index (χ1n) is 8.29. The van der Waals surface area contributed by atoms with Crippen LogP contribution in [0.2, 0.25) is 0 Å². The van der Waals surface area contributed by atoms with Crippen LogP contribution in [0.4, 0.5) is 0 Å². The Kier molecular flexibility index (Phi) is 4.44. The van der Waals surface area contributed by atoms with Crippen molar-refractivity contribution >= 4 is 0 Å². The zero-order valence-corrected chi connectivity index (χ0v) is 13.5. The predicted octanol–water partition coefficient (Wildman–Crippen LogP) is 0.838. The summed E-state index contributed by atoms with van der Waals surface area (Å²) >= 11 is 0. The largest absolute Gasteiger partial charge is 0.486 e. The SMILES string of the molecule is C1=CN(OCC2COc3ccccc3O2)C=C(N2CCNCC2)N1. The quantitative estimate of drug-likeness (QED) is 0.848. The fraction of sp³-hybridized carbons (Fsp3) is 0.412. The Balaban J connectivity index is 1.32. The third kappa shape index (κ3) is 3.42. The molecule has 3 heterocycles. The van der Waals surface area contributed by atoms with Crippen molar-refractivity contribution in [3.8, 4) is 11.5 Å². The Bertz CT molecular complexity index is 628. The van der Waals surface area contributed by atoms with E-state index in [1.807, 2.05) is 42.9 Å². The number of fused-ring (bicyclic) bond motifs is 1. The zero-order valence-electron chi connectivity index (χ0n) is 13.5. The number of rotatable bonds is 4. The predicted molar refractivity (Wildman–Crippen MR) is 88.9 cm³/mol. The van der Waals surface area contributed by atoms with Gasteiger partial charge in [-0.25, -0.2) is 5.06 Å². The van der Waals surface area contributed by atoms with Gasteiger partial charge in [-0.3, -0.25) is 4.84 Å². The van der Waals surface area contributed by atoms with Gasteiger partial charge in [0.25, 0.3) is 0 Å². The number of hydrogen-bond acceptors (Lipinski definition) is 7. The number of para-hydroxylation sites is 2. The van der Waals surface area contributed by atoms with Crippen LogP contribution in [-0.2, 0) is 4.84 Å². The summed E-state index contributed by atoms with van der Waals surface area (Å²) in [5.41, 5.74) is 0. The summed E-state index contributed by atoms with van der Waals surface area (Å²) in [4.78, 5) is 8.14. The molecule has 1 aromatic carbocycles. The average molecular weight is 330 g/mol. The van der Waals surface area contributed by atoms with Crippen LogP contribution in [-0.4, -0.2) is 55.5 Å². The monoisotopic (exact) mass is 330 g/mol. The fourth-order valence-corrected chi connectivity index (χ4v) is 2.87. The van der Waals surface area contributed by atoms with E-state index < -0.39 is 0 Å². The molecule has 24 heavy (non-hydrogen) atoms. The number of benzene rings is 1. The first kappa shape index (κ1) is 15.2. The molecule has 1 fully saturated rings. The molecular formula is C17H22N4O3. The highest BCUT2D eigenvalue weighted by Gasteiger charge is 2.22. The van der Waals surface area contributed by atoms with Crippen LogP contribution in [0.5, 0.6) is 11.5 Å². The lowest BCUT2D eigenvalue weighted by atomic mass is 10.3. The Morgan fingerprint density at radius 1 is 1.17 bits per heavy atom. The minimum absolute atomic E-state index is 0.126. The second-order valence-electron chi connectivity index (χ2n) is 5.86. The highest BCUT2D eigenvalue weighted by Crippen LogP contribution is 2.30. The smallest absolute Gasteiger partial charge is 0.161 e. The van der Waals surface area contributed by atoms with E-state index in [9.17, 15) is 0 Å². The van der Waals surface area contributed by atoms with Crippen LogP contribution >= 0.6 is 0 Å². The number of nitrogens with zero attached hydrogens (tertiary/aromatic N) is 2. The molecule has 2 N–H and O–H groups in total. The van der Waals surface area contributed by atoms with Gasteiger partial charge in [0.15, 0.2) is 17.6 Å². The van der Waals surface area contributed by atoms with Crippen LogP contribution in [0.1, 0.15) is 0 Å². The molecule has 0 amide bonds. The van der Waals surface area contributed by atoms with Gasteiger partial charge >= 0.3 is 0 Å². The van der Waals surface area contributed by atoms with Gasteiger partial charge in [0.1, 0.15) is 19.0 Å². The maximum absolute atomic E-state index is 5.91. The summed E-state index contributed by atoms with van der Waals surface area (Å²) < 4.78 is 11.6. The third-order valence-corrected chi connectivity index (χ3v) is 4.14. The molecule has 1 atom stereocenters. The molecule has 0 bridgehead atoms. The van der Waals surface area contributed by atoms with Gasteiger partial charge < -0.3 is 25.0 Å². The molecule has 0 aliphatic carbocycles. The Labute approximate surface area is 141 Å². The lowest BCUT2D eigenvalue weighted by Gasteiger charge is -2.34. The van der Waals surface area contributed by atoms with E-state index in [1.165, 1.54) is 0 Å². The van der Waals surface area contributed by atoms with Crippen LogP contribution in [0.3, 0.4) is 0 Å². The summed E-state index contributed by atoms with van der Waals surface area (Å²) in [5.74, 6) is 2.60. The van der Waals surface area contributed by atoms with Gasteiger partial charge in [0, 0.05) is 38.6 Å². The highest BCUT2D eigenvalue weighted by molar-refractivity contribution is 5.40. The molecule has 0 saturated carbocycles. The molecule has 128 valence electrons. The van der Waals surface area contributed by atoms with Crippen molar-refractivity contribution in [2.24, 2.45) is 0 Å². The van der Waals surface area contributed by atoms with Crippen molar-refractivity contribution in [3.05, 3.63) is 48.7 Å². The van der Waals surface area contributed by atoms with Gasteiger partial charge in [0.05, 0.1) is 6.20 Å². The molecule has 4 rings (SSSR count). The van der Waals surface area contributed by atoms with Gasteiger partial charge in [-0.2, -0.15) is 0 Å². The first-order valence-corrected chi connectivity index (χ1v) is 8.29. The third-order valence-electron chi connectivity index (χ3n) is 4.14. The average Bonchev–Trinajstić information content (AvgIpc) is 2.67. The molecule has 7 heteroatoms. The number of ether oxygens (including phenoxy) is 2. The van der Waals surface area contributed by atoms with E-state index in [1.54, 1.807) is 5.06 Å². The van der Waals surface area contributed by atoms with Crippen LogP contribution in [0, 0.1) is 0 Å². The lowest BCUT2D eigenvalue weighted by molar-refractivity contribution is -0.120. The Hall–Kier alpha value is -2.38. The van der Waals surface area contributed by atoms with Crippen molar-refractivity contribution in [2.45, 2.75) is 6.10 Å². The van der Waals surface area contributed by atoms with E-state index in [2.05, 4.69) is 15.5 Å². The molecule has 1 saturated heterocycles. The second kappa shape index (κ2) is 7.02. The molecule has 0 aromatic heterocycles. The number of piperazine rings is 1. The molecule has 0 spiro atoms. The van der Waals surface area contributed by atoms with Crippen molar-refractivity contribution in [2.75, 3.05) is 39.4 Å². The molecule has 7 nitrogen and oxygen atoms in total. The lowest BCUT2D eigenvalue weighted by Crippen LogP contribution is -2.46. The van der Waals surface area contributed by atoms with Crippen LogP contribution < -0.4 is 20.1 Å². The van der Waals surface area contributed by atoms with Crippen molar-refractivity contribution in [3.63, 3.8) is 0 Å². The van der Waals surface area contributed by atoms with Crippen LogP contribution in [0.25, 0.3) is 0 Å². The zero-order chi connectivity index (χ0) is 16.2. The Morgan fingerprint density at radius 3 is 2.88 bits per heavy atom. The van der Waals surface area contributed by atoms with Gasteiger partial charge in [0.2, 0.25) is 0 Å². The van der Waals surface area contributed by atoms with Gasteiger partial charge in [-0.05, 0) is 12.1 Å². The fourth-order valence-electron chi connectivity index (χ4n) is 2.87. The number of hydroxylamine groups is 2. The maximum atomic E-state index is 5.91. The second-order valence-corrected chi connectivity index (χ2v) is 5.86. The summed E-state index contributed by atoms with van der Waals surface area (Å²) in [6.45, 7) is 4.87. The molecule has 0 radical (unpaired) electrons. The van der Waals surface area contributed by atoms with Crippen molar-refractivity contribution in [1.82, 2.24) is 20.6 Å². The van der Waals surface area contributed by atoms with Gasteiger partial charge in [-0.1, -0.05) is 12.1 Å². The van der Waals surface area contributed by atoms with E-state index >= 15 is 0 Å². The first-order chi connectivity index (χ1) is 11.9. The van der Waals surface area contributed by atoms with E-state index in [-0.39, 0.29) is 6.10 Å². The maximum Gasteiger partial charge on any atom is 0.161 e. The van der Waals surface area contributed by atoms with Gasteiger partial charge in [-0.15, -0.1) is 0 Å². The van der Waals surface area contributed by atoms with E-state index in [4.69, 9.17) is 14.3 Å². The summed E-state index contributed by atoms with van der Waals surface area (Å²) in [5, 5.41) is 8.34. The Morgan fingerprint density at radius 2 is 2.00 bits per heavy atom. The standard InChI is InChI=1S/C17H22N4O3/c1-2-4-16-15(3-1)22-12-14(24-16)13-23-21-10-7-19-17(11-21)20-8-5-18-6-9-20/h1-4,7,10-11,14,18-19H,5-6,8-9,12-13H2. The minimum Gasteiger partial charge on any atom is -0.486 e. The van der Waals surface area contributed by atoms with E-state index in [0.29, 0.717) is 13.2 Å².